The van der Waals surface area contributed by atoms with Crippen LogP contribution in [0, 0.1) is 5.92 Å². The van der Waals surface area contributed by atoms with Gasteiger partial charge in [-0.15, -0.1) is 0 Å². The maximum Gasteiger partial charge on any atom is 0.211 e. The molecule has 1 aromatic rings. The number of ketones is 1. The van der Waals surface area contributed by atoms with E-state index in [9.17, 15) is 4.79 Å². The van der Waals surface area contributed by atoms with Gasteiger partial charge in [-0.1, -0.05) is 6.92 Å². The van der Waals surface area contributed by atoms with Gasteiger partial charge in [0, 0.05) is 6.04 Å². The summed E-state index contributed by atoms with van der Waals surface area (Å²) in [5.41, 5.74) is 0. The van der Waals surface area contributed by atoms with Crippen LogP contribution in [-0.2, 0) is 0 Å². The topological polar surface area (TPSA) is 33.5 Å². The number of Topliss-reactive ketones (excluding diaryl/α,β-unsaturated/α-hetero) is 1. The van der Waals surface area contributed by atoms with E-state index >= 15 is 0 Å². The first-order valence-corrected chi connectivity index (χ1v) is 5.97. The van der Waals surface area contributed by atoms with Crippen molar-refractivity contribution in [2.24, 2.45) is 5.92 Å². The summed E-state index contributed by atoms with van der Waals surface area (Å²) in [5, 5.41) is 0. The van der Waals surface area contributed by atoms with Crippen molar-refractivity contribution >= 4 is 5.78 Å². The van der Waals surface area contributed by atoms with Gasteiger partial charge in [0.15, 0.2) is 5.76 Å². The molecule has 0 saturated carbocycles. The Balaban J connectivity index is 1.92. The van der Waals surface area contributed by atoms with E-state index in [0.717, 1.165) is 12.5 Å². The SMILES string of the molecule is CC1CCN(CC(=O)c2ccco2)C(C)C1. The third kappa shape index (κ3) is 2.53. The second kappa shape index (κ2) is 4.83. The fourth-order valence-corrected chi connectivity index (χ4v) is 2.39. The largest absolute Gasteiger partial charge is 0.461 e. The zero-order valence-corrected chi connectivity index (χ0v) is 9.98. The minimum Gasteiger partial charge on any atom is -0.461 e. The molecule has 3 heteroatoms. The first kappa shape index (κ1) is 11.4. The van der Waals surface area contributed by atoms with Gasteiger partial charge in [-0.05, 0) is 44.4 Å². The third-order valence-corrected chi connectivity index (χ3v) is 3.42. The van der Waals surface area contributed by atoms with E-state index in [1.54, 1.807) is 18.4 Å². The Morgan fingerprint density at radius 1 is 1.56 bits per heavy atom. The number of furan rings is 1. The van der Waals surface area contributed by atoms with Crippen molar-refractivity contribution < 1.29 is 9.21 Å². The summed E-state index contributed by atoms with van der Waals surface area (Å²) in [6.45, 7) is 5.99. The monoisotopic (exact) mass is 221 g/mol. The first-order chi connectivity index (χ1) is 7.66. The third-order valence-electron chi connectivity index (χ3n) is 3.42. The summed E-state index contributed by atoms with van der Waals surface area (Å²) < 4.78 is 5.12. The van der Waals surface area contributed by atoms with E-state index in [0.29, 0.717) is 18.3 Å². The molecule has 0 amide bonds. The van der Waals surface area contributed by atoms with Gasteiger partial charge in [-0.25, -0.2) is 0 Å². The number of hydrogen-bond acceptors (Lipinski definition) is 3. The molecule has 2 heterocycles. The number of carbonyl (C=O) groups is 1. The molecule has 1 aromatic heterocycles. The van der Waals surface area contributed by atoms with Crippen molar-refractivity contribution in [1.82, 2.24) is 4.90 Å². The Labute approximate surface area is 96.4 Å². The maximum absolute atomic E-state index is 11.9. The first-order valence-electron chi connectivity index (χ1n) is 5.97. The summed E-state index contributed by atoms with van der Waals surface area (Å²) in [4.78, 5) is 14.1. The van der Waals surface area contributed by atoms with Crippen molar-refractivity contribution in [2.75, 3.05) is 13.1 Å². The summed E-state index contributed by atoms with van der Waals surface area (Å²) in [7, 11) is 0. The van der Waals surface area contributed by atoms with E-state index in [1.807, 2.05) is 0 Å². The second-order valence-electron chi connectivity index (χ2n) is 4.85. The predicted molar refractivity (Wildman–Crippen MR) is 62.5 cm³/mol. The van der Waals surface area contributed by atoms with Crippen molar-refractivity contribution in [2.45, 2.75) is 32.7 Å². The number of nitrogens with zero attached hydrogens (tertiary/aromatic N) is 1. The molecule has 0 bridgehead atoms. The summed E-state index contributed by atoms with van der Waals surface area (Å²) >= 11 is 0. The lowest BCUT2D eigenvalue weighted by Gasteiger charge is -2.35. The molecular weight excluding hydrogens is 202 g/mol. The molecule has 0 spiro atoms. The smallest absolute Gasteiger partial charge is 0.211 e. The molecule has 0 radical (unpaired) electrons. The van der Waals surface area contributed by atoms with Crippen LogP contribution < -0.4 is 0 Å². The Morgan fingerprint density at radius 3 is 3.00 bits per heavy atom. The lowest BCUT2D eigenvalue weighted by Crippen LogP contribution is -2.42. The zero-order valence-electron chi connectivity index (χ0n) is 9.98. The second-order valence-corrected chi connectivity index (χ2v) is 4.85. The van der Waals surface area contributed by atoms with Gasteiger partial charge in [0.25, 0.3) is 0 Å². The molecule has 1 aliphatic heterocycles. The van der Waals surface area contributed by atoms with Crippen LogP contribution in [0.25, 0.3) is 0 Å². The highest BCUT2D eigenvalue weighted by atomic mass is 16.3. The number of rotatable bonds is 3. The predicted octanol–water partition coefficient (Wildman–Crippen LogP) is 2.58. The van der Waals surface area contributed by atoms with Crippen LogP contribution in [-0.4, -0.2) is 29.8 Å². The molecule has 1 fully saturated rings. The molecule has 0 aromatic carbocycles. The van der Waals surface area contributed by atoms with Gasteiger partial charge >= 0.3 is 0 Å². The van der Waals surface area contributed by atoms with Crippen molar-refractivity contribution in [1.29, 1.82) is 0 Å². The van der Waals surface area contributed by atoms with Gasteiger partial charge in [-0.2, -0.15) is 0 Å². The number of likely N-dealkylation sites (tertiary alicyclic amines) is 1. The lowest BCUT2D eigenvalue weighted by molar-refractivity contribution is 0.0791. The summed E-state index contributed by atoms with van der Waals surface area (Å²) in [5.74, 6) is 1.35. The van der Waals surface area contributed by atoms with Crippen molar-refractivity contribution in [3.63, 3.8) is 0 Å². The molecule has 1 aliphatic rings. The fraction of sp³-hybridized carbons (Fsp3) is 0.615. The van der Waals surface area contributed by atoms with Crippen LogP contribution in [0.5, 0.6) is 0 Å². The van der Waals surface area contributed by atoms with Gasteiger partial charge in [0.05, 0.1) is 12.8 Å². The molecule has 2 unspecified atom stereocenters. The van der Waals surface area contributed by atoms with Gasteiger partial charge < -0.3 is 4.42 Å². The van der Waals surface area contributed by atoms with Gasteiger partial charge in [0.2, 0.25) is 5.78 Å². The van der Waals surface area contributed by atoms with Crippen LogP contribution >= 0.6 is 0 Å². The molecule has 0 aliphatic carbocycles. The van der Waals surface area contributed by atoms with Crippen molar-refractivity contribution in [3.05, 3.63) is 24.2 Å². The molecular formula is C13H19NO2. The number of hydrogen-bond donors (Lipinski definition) is 0. The highest BCUT2D eigenvalue weighted by Crippen LogP contribution is 2.22. The van der Waals surface area contributed by atoms with Crippen LogP contribution in [0.3, 0.4) is 0 Å². The Morgan fingerprint density at radius 2 is 2.38 bits per heavy atom. The molecule has 1 saturated heterocycles. The quantitative estimate of drug-likeness (QED) is 0.735. The van der Waals surface area contributed by atoms with E-state index in [-0.39, 0.29) is 5.78 Å². The van der Waals surface area contributed by atoms with Gasteiger partial charge in [-0.3, -0.25) is 9.69 Å². The van der Waals surface area contributed by atoms with E-state index in [2.05, 4.69) is 18.7 Å². The summed E-state index contributed by atoms with van der Waals surface area (Å²) in [6, 6.07) is 4.00. The molecule has 3 nitrogen and oxygen atoms in total. The standard InChI is InChI=1S/C13H19NO2/c1-10-5-6-14(11(2)8-10)9-12(15)13-4-3-7-16-13/h3-4,7,10-11H,5-6,8-9H2,1-2H3. The van der Waals surface area contributed by atoms with E-state index in [1.165, 1.54) is 12.8 Å². The molecule has 2 atom stereocenters. The van der Waals surface area contributed by atoms with Crippen molar-refractivity contribution in [3.8, 4) is 0 Å². The normalized spacial score (nSPS) is 26.9. The maximum atomic E-state index is 11.9. The van der Waals surface area contributed by atoms with E-state index in [4.69, 9.17) is 4.42 Å². The minimum absolute atomic E-state index is 0.0893. The fourth-order valence-electron chi connectivity index (χ4n) is 2.39. The van der Waals surface area contributed by atoms with Crippen LogP contribution in [0.4, 0.5) is 0 Å². The van der Waals surface area contributed by atoms with Crippen LogP contribution in [0.2, 0.25) is 0 Å². The molecule has 2 rings (SSSR count). The van der Waals surface area contributed by atoms with E-state index < -0.39 is 0 Å². The van der Waals surface area contributed by atoms with Gasteiger partial charge in [0.1, 0.15) is 0 Å². The number of carbonyl (C=O) groups excluding carboxylic acids is 1. The molecule has 16 heavy (non-hydrogen) atoms. The van der Waals surface area contributed by atoms with Crippen LogP contribution in [0.1, 0.15) is 37.2 Å². The molecule has 88 valence electrons. The van der Waals surface area contributed by atoms with Crippen LogP contribution in [0.15, 0.2) is 22.8 Å². The Hall–Kier alpha value is -1.09. The number of piperidine rings is 1. The average molecular weight is 221 g/mol. The lowest BCUT2D eigenvalue weighted by atomic mass is 9.93. The zero-order chi connectivity index (χ0) is 11.5. The Bertz CT molecular complexity index is 345. The Kier molecular flexibility index (Phi) is 3.44. The average Bonchev–Trinajstić information content (AvgIpc) is 2.75. The molecule has 0 N–H and O–H groups in total. The highest BCUT2D eigenvalue weighted by Gasteiger charge is 2.25. The highest BCUT2D eigenvalue weighted by molar-refractivity contribution is 5.95. The summed E-state index contributed by atoms with van der Waals surface area (Å²) in [6.07, 6.45) is 3.93. The minimum atomic E-state index is 0.0893.